The van der Waals surface area contributed by atoms with Crippen LogP contribution in [0.25, 0.3) is 0 Å². The van der Waals surface area contributed by atoms with E-state index in [1.807, 2.05) is 38.7 Å². The second-order valence-corrected chi connectivity index (χ2v) is 5.25. The quantitative estimate of drug-likeness (QED) is 0.874. The summed E-state index contributed by atoms with van der Waals surface area (Å²) in [6.07, 6.45) is 1.83. The van der Waals surface area contributed by atoms with Gasteiger partial charge in [-0.3, -0.25) is 9.48 Å². The van der Waals surface area contributed by atoms with Crippen LogP contribution in [0.4, 0.5) is 0 Å². The Morgan fingerprint density at radius 3 is 2.58 bits per heavy atom. The molecule has 0 bridgehead atoms. The van der Waals surface area contributed by atoms with Gasteiger partial charge in [0.1, 0.15) is 0 Å². The van der Waals surface area contributed by atoms with Crippen LogP contribution in [0.2, 0.25) is 0 Å². The first-order valence-electron chi connectivity index (χ1n) is 6.50. The fourth-order valence-corrected chi connectivity index (χ4v) is 2.24. The van der Waals surface area contributed by atoms with Crippen molar-refractivity contribution in [2.24, 2.45) is 18.9 Å². The Hall–Kier alpha value is -1.07. The lowest BCUT2D eigenvalue weighted by Gasteiger charge is -2.32. The Labute approximate surface area is 120 Å². The minimum atomic E-state index is 0. The van der Waals surface area contributed by atoms with Crippen molar-refractivity contribution < 1.29 is 4.79 Å². The molecular weight excluding hydrogens is 264 g/mol. The molecule has 5 nitrogen and oxygen atoms in total. The van der Waals surface area contributed by atoms with Crippen LogP contribution in [0.3, 0.4) is 0 Å². The standard InChI is InChI=1S/C13H22N4O.ClH/c1-8(11-5-14-6-11)13(18)16-9(2)12-7-15-17(4)10(12)3;/h7-9,11,14H,5-6H2,1-4H3,(H,16,18);1H. The zero-order valence-electron chi connectivity index (χ0n) is 11.9. The number of carbonyl (C=O) groups is 1. The predicted octanol–water partition coefficient (Wildman–Crippen LogP) is 1.18. The summed E-state index contributed by atoms with van der Waals surface area (Å²) in [4.78, 5) is 12.1. The van der Waals surface area contributed by atoms with E-state index in [4.69, 9.17) is 0 Å². The molecule has 1 amide bonds. The number of aromatic nitrogens is 2. The molecule has 6 heteroatoms. The molecule has 0 spiro atoms. The van der Waals surface area contributed by atoms with Crippen molar-refractivity contribution in [2.75, 3.05) is 13.1 Å². The average molecular weight is 287 g/mol. The number of aryl methyl sites for hydroxylation is 1. The third-order valence-electron chi connectivity index (χ3n) is 4.03. The van der Waals surface area contributed by atoms with Crippen LogP contribution in [0.15, 0.2) is 6.20 Å². The molecule has 19 heavy (non-hydrogen) atoms. The van der Waals surface area contributed by atoms with E-state index < -0.39 is 0 Å². The number of nitrogens with zero attached hydrogens (tertiary/aromatic N) is 2. The predicted molar refractivity (Wildman–Crippen MR) is 77.3 cm³/mol. The van der Waals surface area contributed by atoms with Crippen molar-refractivity contribution >= 4 is 18.3 Å². The van der Waals surface area contributed by atoms with Gasteiger partial charge in [0, 0.05) is 24.2 Å². The van der Waals surface area contributed by atoms with Gasteiger partial charge in [0.2, 0.25) is 5.91 Å². The summed E-state index contributed by atoms with van der Waals surface area (Å²) in [5.74, 6) is 0.690. The summed E-state index contributed by atoms with van der Waals surface area (Å²) in [5.41, 5.74) is 2.19. The van der Waals surface area contributed by atoms with Crippen molar-refractivity contribution in [3.8, 4) is 0 Å². The Morgan fingerprint density at radius 2 is 2.16 bits per heavy atom. The van der Waals surface area contributed by atoms with E-state index in [-0.39, 0.29) is 30.3 Å². The fourth-order valence-electron chi connectivity index (χ4n) is 2.24. The van der Waals surface area contributed by atoms with E-state index in [1.54, 1.807) is 0 Å². The lowest BCUT2D eigenvalue weighted by Crippen LogP contribution is -2.49. The highest BCUT2D eigenvalue weighted by atomic mass is 35.5. The van der Waals surface area contributed by atoms with Gasteiger partial charge in [-0.25, -0.2) is 0 Å². The van der Waals surface area contributed by atoms with Gasteiger partial charge in [0.25, 0.3) is 0 Å². The minimum Gasteiger partial charge on any atom is -0.349 e. The summed E-state index contributed by atoms with van der Waals surface area (Å²) in [6, 6.07) is 0.0154. The number of amides is 1. The topological polar surface area (TPSA) is 59.0 Å². The second-order valence-electron chi connectivity index (χ2n) is 5.25. The molecule has 1 saturated heterocycles. The summed E-state index contributed by atoms with van der Waals surface area (Å²) >= 11 is 0. The monoisotopic (exact) mass is 286 g/mol. The Balaban J connectivity index is 0.00000180. The molecule has 1 fully saturated rings. The van der Waals surface area contributed by atoms with Gasteiger partial charge in [0.15, 0.2) is 0 Å². The summed E-state index contributed by atoms with van der Waals surface area (Å²) in [7, 11) is 1.91. The maximum Gasteiger partial charge on any atom is 0.223 e. The van der Waals surface area contributed by atoms with Crippen LogP contribution in [0.1, 0.15) is 31.1 Å². The van der Waals surface area contributed by atoms with E-state index in [0.717, 1.165) is 24.3 Å². The van der Waals surface area contributed by atoms with Crippen LogP contribution in [-0.2, 0) is 11.8 Å². The molecule has 2 heterocycles. The summed E-state index contributed by atoms with van der Waals surface area (Å²) < 4.78 is 1.83. The Kier molecular flexibility index (Phi) is 5.38. The number of hydrogen-bond acceptors (Lipinski definition) is 3. The van der Waals surface area contributed by atoms with Gasteiger partial charge >= 0.3 is 0 Å². The summed E-state index contributed by atoms with van der Waals surface area (Å²) in [5, 5.41) is 10.5. The van der Waals surface area contributed by atoms with Crippen LogP contribution in [-0.4, -0.2) is 28.8 Å². The highest BCUT2D eigenvalue weighted by molar-refractivity contribution is 5.85. The van der Waals surface area contributed by atoms with Gasteiger partial charge in [-0.15, -0.1) is 12.4 Å². The lowest BCUT2D eigenvalue weighted by atomic mass is 9.88. The number of carbonyl (C=O) groups excluding carboxylic acids is 1. The normalized spacial score (nSPS) is 18.1. The number of nitrogens with one attached hydrogen (secondary N) is 2. The van der Waals surface area contributed by atoms with Crippen molar-refractivity contribution in [3.05, 3.63) is 17.5 Å². The molecule has 108 valence electrons. The highest BCUT2D eigenvalue weighted by Crippen LogP contribution is 2.20. The van der Waals surface area contributed by atoms with Gasteiger partial charge in [-0.1, -0.05) is 6.92 Å². The van der Waals surface area contributed by atoms with Crippen LogP contribution >= 0.6 is 12.4 Å². The molecule has 2 N–H and O–H groups in total. The van der Waals surface area contributed by atoms with E-state index in [0.29, 0.717) is 5.92 Å². The molecule has 2 rings (SSSR count). The Morgan fingerprint density at radius 1 is 1.53 bits per heavy atom. The third kappa shape index (κ3) is 3.28. The fraction of sp³-hybridized carbons (Fsp3) is 0.692. The molecule has 1 aromatic heterocycles. The van der Waals surface area contributed by atoms with Gasteiger partial charge in [-0.2, -0.15) is 5.10 Å². The van der Waals surface area contributed by atoms with Gasteiger partial charge in [-0.05, 0) is 32.9 Å². The molecule has 1 aromatic rings. The molecule has 1 aliphatic heterocycles. The molecule has 0 radical (unpaired) electrons. The first-order chi connectivity index (χ1) is 8.50. The first-order valence-corrected chi connectivity index (χ1v) is 6.50. The zero-order chi connectivity index (χ0) is 13.3. The summed E-state index contributed by atoms with van der Waals surface area (Å²) in [6.45, 7) is 7.94. The second kappa shape index (κ2) is 6.39. The van der Waals surface area contributed by atoms with E-state index in [9.17, 15) is 4.79 Å². The first kappa shape index (κ1) is 16.0. The highest BCUT2D eigenvalue weighted by Gasteiger charge is 2.29. The van der Waals surface area contributed by atoms with Gasteiger partial charge in [0.05, 0.1) is 12.2 Å². The van der Waals surface area contributed by atoms with E-state index >= 15 is 0 Å². The SMILES string of the molecule is Cc1c(C(C)NC(=O)C(C)C2CNC2)cnn1C.Cl. The maximum absolute atomic E-state index is 12.1. The molecule has 0 saturated carbocycles. The third-order valence-corrected chi connectivity index (χ3v) is 4.03. The van der Waals surface area contributed by atoms with Gasteiger partial charge < -0.3 is 10.6 Å². The smallest absolute Gasteiger partial charge is 0.223 e. The average Bonchev–Trinajstić information content (AvgIpc) is 2.57. The minimum absolute atomic E-state index is 0. The van der Waals surface area contributed by atoms with Crippen molar-refractivity contribution in [1.29, 1.82) is 0 Å². The van der Waals surface area contributed by atoms with Crippen molar-refractivity contribution in [2.45, 2.75) is 26.8 Å². The maximum atomic E-state index is 12.1. The number of hydrogen-bond donors (Lipinski definition) is 2. The van der Waals surface area contributed by atoms with Crippen molar-refractivity contribution in [3.63, 3.8) is 0 Å². The van der Waals surface area contributed by atoms with E-state index in [1.165, 1.54) is 0 Å². The van der Waals surface area contributed by atoms with Crippen LogP contribution in [0, 0.1) is 18.8 Å². The van der Waals surface area contributed by atoms with E-state index in [2.05, 4.69) is 15.7 Å². The molecule has 0 aromatic carbocycles. The molecule has 2 atom stereocenters. The molecule has 0 aliphatic carbocycles. The molecule has 1 aliphatic rings. The van der Waals surface area contributed by atoms with Crippen molar-refractivity contribution in [1.82, 2.24) is 20.4 Å². The number of halogens is 1. The largest absolute Gasteiger partial charge is 0.349 e. The molecular formula is C13H23ClN4O. The zero-order valence-corrected chi connectivity index (χ0v) is 12.8. The Bertz CT molecular complexity index is 442. The lowest BCUT2D eigenvalue weighted by molar-refractivity contribution is -0.127. The molecule has 2 unspecified atom stereocenters. The van der Waals surface area contributed by atoms with Crippen LogP contribution in [0.5, 0.6) is 0 Å². The number of rotatable bonds is 4. The van der Waals surface area contributed by atoms with Crippen LogP contribution < -0.4 is 10.6 Å².